The Labute approximate surface area is 175 Å². The first-order valence-corrected chi connectivity index (χ1v) is 9.18. The Morgan fingerprint density at radius 2 is 2.03 bits per heavy atom. The summed E-state index contributed by atoms with van der Waals surface area (Å²) in [6.45, 7) is -0.610. The van der Waals surface area contributed by atoms with Crippen LogP contribution in [-0.4, -0.2) is 47.0 Å². The third-order valence-electron chi connectivity index (χ3n) is 4.33. The number of anilines is 1. The number of amides is 2. The number of likely N-dealkylation sites (N-methyl/N-ethyl adjacent to an activating group) is 1. The van der Waals surface area contributed by atoms with Crippen molar-refractivity contribution >= 4 is 40.0 Å². The Hall–Kier alpha value is -3.46. The molecule has 0 aliphatic rings. The van der Waals surface area contributed by atoms with Gasteiger partial charge in [0.1, 0.15) is 18.1 Å². The summed E-state index contributed by atoms with van der Waals surface area (Å²) >= 11 is 5.94. The number of nitrogens with zero attached hydrogens (tertiary/aromatic N) is 3. The summed E-state index contributed by atoms with van der Waals surface area (Å²) in [5, 5.41) is 3.11. The lowest BCUT2D eigenvalue weighted by Crippen LogP contribution is -2.38. The summed E-state index contributed by atoms with van der Waals surface area (Å²) < 4.78 is 19.7. The molecule has 0 bridgehead atoms. The van der Waals surface area contributed by atoms with E-state index in [1.165, 1.54) is 38.7 Å². The number of carbonyl (C=O) groups excluding carboxylic acids is 2. The van der Waals surface area contributed by atoms with Gasteiger partial charge in [0.2, 0.25) is 11.8 Å². The van der Waals surface area contributed by atoms with Crippen molar-refractivity contribution in [1.82, 2.24) is 14.5 Å². The molecule has 0 atom stereocenters. The number of methoxy groups -OCH3 is 1. The van der Waals surface area contributed by atoms with Crippen LogP contribution in [0, 0.1) is 5.82 Å². The van der Waals surface area contributed by atoms with E-state index >= 15 is 0 Å². The minimum atomic E-state index is -0.573. The fourth-order valence-electron chi connectivity index (χ4n) is 2.78. The number of carbonyl (C=O) groups is 2. The topological polar surface area (TPSA) is 93.5 Å². The number of nitrogens with one attached hydrogen (secondary N) is 1. The number of fused-ring (bicyclic) bond motifs is 1. The molecular weight excluding hydrogens is 415 g/mol. The normalized spacial score (nSPS) is 10.7. The molecule has 3 rings (SSSR count). The highest BCUT2D eigenvalue weighted by Crippen LogP contribution is 2.27. The van der Waals surface area contributed by atoms with Gasteiger partial charge < -0.3 is 15.0 Å². The van der Waals surface area contributed by atoms with Gasteiger partial charge in [-0.2, -0.15) is 0 Å². The maximum Gasteiger partial charge on any atom is 0.261 e. The zero-order valence-corrected chi connectivity index (χ0v) is 16.9. The Bertz CT molecular complexity index is 1180. The second-order valence-corrected chi connectivity index (χ2v) is 6.92. The fraction of sp³-hybridized carbons (Fsp3) is 0.200. The van der Waals surface area contributed by atoms with Crippen molar-refractivity contribution in [2.24, 2.45) is 0 Å². The Morgan fingerprint density at radius 3 is 2.77 bits per heavy atom. The van der Waals surface area contributed by atoms with Gasteiger partial charge in [-0.15, -0.1) is 0 Å². The van der Waals surface area contributed by atoms with Crippen LogP contribution in [0.15, 0.2) is 47.5 Å². The second kappa shape index (κ2) is 8.91. The highest BCUT2D eigenvalue weighted by Gasteiger charge is 2.16. The van der Waals surface area contributed by atoms with Crippen LogP contribution in [0.25, 0.3) is 10.9 Å². The molecule has 0 spiro atoms. The average molecular weight is 433 g/mol. The van der Waals surface area contributed by atoms with Crippen LogP contribution in [0.2, 0.25) is 5.02 Å². The lowest BCUT2D eigenvalue weighted by atomic mass is 10.2. The van der Waals surface area contributed by atoms with Gasteiger partial charge in [0.25, 0.3) is 5.56 Å². The van der Waals surface area contributed by atoms with E-state index in [2.05, 4.69) is 10.3 Å². The van der Waals surface area contributed by atoms with Crippen molar-refractivity contribution in [3.63, 3.8) is 0 Å². The Balaban J connectivity index is 1.68. The Morgan fingerprint density at radius 1 is 1.27 bits per heavy atom. The molecule has 0 saturated heterocycles. The summed E-state index contributed by atoms with van der Waals surface area (Å²) in [5.74, 6) is -1.13. The highest BCUT2D eigenvalue weighted by molar-refractivity contribution is 6.31. The maximum atomic E-state index is 13.4. The van der Waals surface area contributed by atoms with Gasteiger partial charge in [-0.3, -0.25) is 19.0 Å². The smallest absolute Gasteiger partial charge is 0.261 e. The molecule has 30 heavy (non-hydrogen) atoms. The first-order chi connectivity index (χ1) is 14.3. The van der Waals surface area contributed by atoms with E-state index in [1.54, 1.807) is 12.1 Å². The van der Waals surface area contributed by atoms with Crippen molar-refractivity contribution in [1.29, 1.82) is 0 Å². The minimum Gasteiger partial charge on any atom is -0.495 e. The number of halogens is 2. The summed E-state index contributed by atoms with van der Waals surface area (Å²) in [6.07, 6.45) is 1.21. The van der Waals surface area contributed by atoms with Gasteiger partial charge in [0, 0.05) is 12.1 Å². The second-order valence-electron chi connectivity index (χ2n) is 6.48. The van der Waals surface area contributed by atoms with Crippen molar-refractivity contribution in [3.05, 3.63) is 63.9 Å². The molecule has 2 amide bonds. The van der Waals surface area contributed by atoms with Crippen molar-refractivity contribution in [2.45, 2.75) is 6.54 Å². The first-order valence-electron chi connectivity index (χ1n) is 8.80. The molecule has 0 radical (unpaired) electrons. The van der Waals surface area contributed by atoms with Crippen LogP contribution in [0.1, 0.15) is 0 Å². The van der Waals surface area contributed by atoms with Crippen molar-refractivity contribution < 1.29 is 18.7 Å². The number of ether oxygens (including phenoxy) is 1. The van der Waals surface area contributed by atoms with Crippen LogP contribution >= 0.6 is 11.6 Å². The summed E-state index contributed by atoms with van der Waals surface area (Å²) in [7, 11) is 2.88. The quantitative estimate of drug-likeness (QED) is 0.645. The molecule has 156 valence electrons. The predicted molar refractivity (Wildman–Crippen MR) is 110 cm³/mol. The van der Waals surface area contributed by atoms with Gasteiger partial charge in [-0.05, 0) is 36.4 Å². The van der Waals surface area contributed by atoms with E-state index in [0.29, 0.717) is 22.0 Å². The van der Waals surface area contributed by atoms with Crippen molar-refractivity contribution in [2.75, 3.05) is 26.0 Å². The fourth-order valence-corrected chi connectivity index (χ4v) is 2.95. The Kier molecular flexibility index (Phi) is 6.31. The lowest BCUT2D eigenvalue weighted by Gasteiger charge is -2.18. The minimum absolute atomic E-state index is 0.0683. The van der Waals surface area contributed by atoms with Gasteiger partial charge in [0.15, 0.2) is 0 Å². The zero-order chi connectivity index (χ0) is 21.8. The molecule has 1 N–H and O–H groups in total. The molecule has 0 aliphatic carbocycles. The van der Waals surface area contributed by atoms with E-state index in [4.69, 9.17) is 16.3 Å². The number of hydrogen-bond donors (Lipinski definition) is 1. The molecule has 3 aromatic rings. The molecule has 8 nitrogen and oxygen atoms in total. The van der Waals surface area contributed by atoms with Gasteiger partial charge in [-0.25, -0.2) is 9.37 Å². The number of hydrogen-bond acceptors (Lipinski definition) is 5. The third-order valence-corrected chi connectivity index (χ3v) is 4.57. The van der Waals surface area contributed by atoms with E-state index in [9.17, 15) is 18.8 Å². The van der Waals surface area contributed by atoms with Gasteiger partial charge in [0.05, 0.1) is 36.6 Å². The number of benzene rings is 2. The first kappa shape index (κ1) is 21.3. The standard InChI is InChI=1S/C20H18ClFN4O4/c1-25(9-18(27)24-16-7-12(21)3-6-17(16)30-2)19(28)10-26-11-23-15-5-4-13(22)8-14(15)20(26)29/h3-8,11H,9-10H2,1-2H3,(H,24,27). The summed E-state index contributed by atoms with van der Waals surface area (Å²) in [4.78, 5) is 42.5. The molecular formula is C20H18ClFN4O4. The van der Waals surface area contributed by atoms with Gasteiger partial charge >= 0.3 is 0 Å². The maximum absolute atomic E-state index is 13.4. The monoisotopic (exact) mass is 432 g/mol. The van der Waals surface area contributed by atoms with Crippen LogP contribution in [0.5, 0.6) is 5.75 Å². The molecule has 1 heterocycles. The molecule has 0 saturated carbocycles. The SMILES string of the molecule is COc1ccc(Cl)cc1NC(=O)CN(C)C(=O)Cn1cnc2ccc(F)cc2c1=O. The van der Waals surface area contributed by atoms with E-state index in [-0.39, 0.29) is 18.5 Å². The molecule has 10 heteroatoms. The molecule has 0 aliphatic heterocycles. The average Bonchev–Trinajstić information content (AvgIpc) is 2.70. The predicted octanol–water partition coefficient (Wildman–Crippen LogP) is 2.29. The zero-order valence-electron chi connectivity index (χ0n) is 16.2. The number of rotatable bonds is 6. The van der Waals surface area contributed by atoms with Crippen LogP contribution in [-0.2, 0) is 16.1 Å². The van der Waals surface area contributed by atoms with Crippen LogP contribution in [0.3, 0.4) is 0 Å². The molecule has 1 aromatic heterocycles. The highest BCUT2D eigenvalue weighted by atomic mass is 35.5. The third kappa shape index (κ3) is 4.74. The molecule has 0 fully saturated rings. The van der Waals surface area contributed by atoms with E-state index in [0.717, 1.165) is 15.5 Å². The molecule has 2 aromatic carbocycles. The van der Waals surface area contributed by atoms with Crippen LogP contribution in [0.4, 0.5) is 10.1 Å². The van der Waals surface area contributed by atoms with E-state index < -0.39 is 23.2 Å². The lowest BCUT2D eigenvalue weighted by molar-refractivity contribution is -0.133. The molecule has 0 unspecified atom stereocenters. The van der Waals surface area contributed by atoms with E-state index in [1.807, 2.05) is 0 Å². The van der Waals surface area contributed by atoms with Crippen LogP contribution < -0.4 is 15.6 Å². The van der Waals surface area contributed by atoms with Gasteiger partial charge in [-0.1, -0.05) is 11.6 Å². The van der Waals surface area contributed by atoms with Crippen molar-refractivity contribution in [3.8, 4) is 5.75 Å². The number of aromatic nitrogens is 2. The largest absolute Gasteiger partial charge is 0.495 e. The summed E-state index contributed by atoms with van der Waals surface area (Å²) in [6, 6.07) is 8.41. The summed E-state index contributed by atoms with van der Waals surface area (Å²) in [5.41, 5.74) is 0.149.